The molecule has 0 bridgehead atoms. The number of amides is 2. The number of benzene rings is 3. The van der Waals surface area contributed by atoms with E-state index in [0.717, 1.165) is 38.1 Å². The number of aromatic nitrogens is 1. The van der Waals surface area contributed by atoms with Gasteiger partial charge in [-0.25, -0.2) is 8.78 Å². The third-order valence-corrected chi connectivity index (χ3v) is 6.62. The monoisotopic (exact) mass is 562 g/mol. The average molecular weight is 563 g/mol. The molecule has 0 unspecified atom stereocenters. The number of anilines is 2. The summed E-state index contributed by atoms with van der Waals surface area (Å²) < 4.78 is 45.8. The van der Waals surface area contributed by atoms with Gasteiger partial charge in [-0.05, 0) is 74.3 Å². The largest absolute Gasteiger partial charge is 0.493 e. The maximum Gasteiger partial charge on any atom is 0.314 e. The van der Waals surface area contributed by atoms with E-state index in [9.17, 15) is 18.4 Å². The Kier molecular flexibility index (Phi) is 8.54. The Hall–Kier alpha value is -4.77. The third kappa shape index (κ3) is 6.87. The molecular weight excluding hydrogens is 534 g/mol. The minimum absolute atomic E-state index is 0.0334. The lowest BCUT2D eigenvalue weighted by molar-refractivity contribution is -0.133. The predicted molar refractivity (Wildman–Crippen MR) is 150 cm³/mol. The van der Waals surface area contributed by atoms with Gasteiger partial charge in [0.05, 0.1) is 19.2 Å². The van der Waals surface area contributed by atoms with Crippen LogP contribution in [0.4, 0.5) is 20.2 Å². The number of ether oxygens (including phenoxy) is 3. The fourth-order valence-electron chi connectivity index (χ4n) is 4.47. The van der Waals surface area contributed by atoms with E-state index in [1.54, 1.807) is 31.5 Å². The van der Waals surface area contributed by atoms with Crippen LogP contribution in [0.3, 0.4) is 0 Å². The number of hydrogen-bond acceptors (Lipinski definition) is 7. The summed E-state index contributed by atoms with van der Waals surface area (Å²) in [5.41, 5.74) is 0.727. The number of carbonyl (C=O) groups excluding carboxylic acids is 2. The van der Waals surface area contributed by atoms with Crippen molar-refractivity contribution in [1.29, 1.82) is 0 Å². The number of methoxy groups -OCH3 is 1. The molecule has 0 radical (unpaired) electrons. The van der Waals surface area contributed by atoms with Gasteiger partial charge in [0.2, 0.25) is 0 Å². The van der Waals surface area contributed by atoms with Gasteiger partial charge in [0.25, 0.3) is 0 Å². The lowest BCUT2D eigenvalue weighted by Crippen LogP contribution is -2.30. The van der Waals surface area contributed by atoms with Crippen molar-refractivity contribution in [3.05, 3.63) is 78.5 Å². The Morgan fingerprint density at radius 1 is 0.902 bits per heavy atom. The second-order valence-corrected chi connectivity index (χ2v) is 9.50. The molecule has 0 aliphatic carbocycles. The molecule has 9 nitrogen and oxygen atoms in total. The summed E-state index contributed by atoms with van der Waals surface area (Å²) in [4.78, 5) is 28.8. The molecule has 0 spiro atoms. The van der Waals surface area contributed by atoms with Crippen LogP contribution in [0.1, 0.15) is 12.8 Å². The minimum Gasteiger partial charge on any atom is -0.493 e. The Balaban J connectivity index is 1.28. The number of pyridine rings is 1. The predicted octanol–water partition coefficient (Wildman–Crippen LogP) is 5.27. The standard InChI is InChI=1S/C30H28F2N4O5/c1-39-27-15-22-24(16-28(27)40-17-18-7-10-33-11-8-18)34-12-9-25(22)41-26-6-5-21(14-23(26)32)36-30(38)29(37)35-20-4-2-3-19(31)13-20/h2-6,9,12-16,18,33H,7-8,10-11,17H2,1H3,(H,35,37)(H,36,38). The molecule has 11 heteroatoms. The number of rotatable bonds is 8. The van der Waals surface area contributed by atoms with Crippen molar-refractivity contribution >= 4 is 34.1 Å². The second kappa shape index (κ2) is 12.6. The zero-order valence-electron chi connectivity index (χ0n) is 22.2. The van der Waals surface area contributed by atoms with Gasteiger partial charge < -0.3 is 30.2 Å². The van der Waals surface area contributed by atoms with Crippen molar-refractivity contribution in [2.75, 3.05) is 37.4 Å². The molecule has 2 amide bonds. The van der Waals surface area contributed by atoms with Gasteiger partial charge >= 0.3 is 11.8 Å². The van der Waals surface area contributed by atoms with Crippen LogP contribution in [-0.2, 0) is 9.59 Å². The van der Waals surface area contributed by atoms with Crippen LogP contribution in [0.5, 0.6) is 23.0 Å². The first-order chi connectivity index (χ1) is 19.9. The quantitative estimate of drug-likeness (QED) is 0.251. The van der Waals surface area contributed by atoms with Crippen molar-refractivity contribution in [1.82, 2.24) is 10.3 Å². The number of fused-ring (bicyclic) bond motifs is 1. The van der Waals surface area contributed by atoms with Crippen molar-refractivity contribution in [3.63, 3.8) is 0 Å². The van der Waals surface area contributed by atoms with Gasteiger partial charge in [0.1, 0.15) is 11.6 Å². The molecule has 212 valence electrons. The van der Waals surface area contributed by atoms with Gasteiger partial charge in [-0.3, -0.25) is 14.6 Å². The summed E-state index contributed by atoms with van der Waals surface area (Å²) in [5.74, 6) is -1.67. The SMILES string of the molecule is COc1cc2c(Oc3ccc(NC(=O)C(=O)Nc4cccc(F)c4)cc3F)ccnc2cc1OCC1CCNCC1. The number of halogens is 2. The summed E-state index contributed by atoms with van der Waals surface area (Å²) >= 11 is 0. The number of carbonyl (C=O) groups is 2. The van der Waals surface area contributed by atoms with Crippen LogP contribution in [0.2, 0.25) is 0 Å². The highest BCUT2D eigenvalue weighted by Crippen LogP contribution is 2.38. The highest BCUT2D eigenvalue weighted by Gasteiger charge is 2.18. The van der Waals surface area contributed by atoms with E-state index >= 15 is 0 Å². The first kappa shape index (κ1) is 27.8. The molecule has 1 aromatic heterocycles. The third-order valence-electron chi connectivity index (χ3n) is 6.62. The molecule has 0 atom stereocenters. The molecule has 0 saturated carbocycles. The van der Waals surface area contributed by atoms with Gasteiger partial charge in [-0.2, -0.15) is 0 Å². The van der Waals surface area contributed by atoms with Gasteiger partial charge in [-0.15, -0.1) is 0 Å². The molecule has 4 aromatic rings. The molecule has 1 aliphatic rings. The fraction of sp³-hybridized carbons (Fsp3) is 0.233. The summed E-state index contributed by atoms with van der Waals surface area (Å²) in [5, 5.41) is 8.52. The van der Waals surface area contributed by atoms with Crippen molar-refractivity contribution in [2.45, 2.75) is 12.8 Å². The van der Waals surface area contributed by atoms with Gasteiger partial charge in [0.15, 0.2) is 23.1 Å². The number of nitrogens with zero attached hydrogens (tertiary/aromatic N) is 1. The van der Waals surface area contributed by atoms with E-state index < -0.39 is 23.4 Å². The van der Waals surface area contributed by atoms with Crippen molar-refractivity contribution in [3.8, 4) is 23.0 Å². The first-order valence-electron chi connectivity index (χ1n) is 13.0. The van der Waals surface area contributed by atoms with Crippen LogP contribution in [-0.4, -0.2) is 43.6 Å². The summed E-state index contributed by atoms with van der Waals surface area (Å²) in [6.45, 7) is 2.52. The summed E-state index contributed by atoms with van der Waals surface area (Å²) in [6.07, 6.45) is 3.63. The highest BCUT2D eigenvalue weighted by atomic mass is 19.1. The molecule has 41 heavy (non-hydrogen) atoms. The average Bonchev–Trinajstić information content (AvgIpc) is 2.97. The van der Waals surface area contributed by atoms with Crippen LogP contribution < -0.4 is 30.2 Å². The Labute approximate surface area is 234 Å². The van der Waals surface area contributed by atoms with E-state index in [1.807, 2.05) is 0 Å². The first-order valence-corrected chi connectivity index (χ1v) is 13.0. The van der Waals surface area contributed by atoms with Crippen LogP contribution >= 0.6 is 0 Å². The van der Waals surface area contributed by atoms with Crippen molar-refractivity contribution < 1.29 is 32.6 Å². The highest BCUT2D eigenvalue weighted by molar-refractivity contribution is 6.43. The molecule has 1 fully saturated rings. The molecule has 5 rings (SSSR count). The Morgan fingerprint density at radius 2 is 1.66 bits per heavy atom. The molecule has 3 N–H and O–H groups in total. The number of nitrogens with one attached hydrogen (secondary N) is 3. The maximum absolute atomic E-state index is 15.0. The summed E-state index contributed by atoms with van der Waals surface area (Å²) in [7, 11) is 1.54. The zero-order chi connectivity index (χ0) is 28.8. The smallest absolute Gasteiger partial charge is 0.314 e. The lowest BCUT2D eigenvalue weighted by Gasteiger charge is -2.23. The van der Waals surface area contributed by atoms with E-state index in [4.69, 9.17) is 14.2 Å². The molecule has 3 aromatic carbocycles. The topological polar surface area (TPSA) is 111 Å². The molecule has 1 saturated heterocycles. The van der Waals surface area contributed by atoms with Crippen LogP contribution in [0.15, 0.2) is 66.9 Å². The normalized spacial score (nSPS) is 13.4. The van der Waals surface area contributed by atoms with Gasteiger partial charge in [-0.1, -0.05) is 6.07 Å². The van der Waals surface area contributed by atoms with E-state index in [1.165, 1.54) is 30.3 Å². The number of piperidine rings is 1. The Morgan fingerprint density at radius 3 is 2.37 bits per heavy atom. The van der Waals surface area contributed by atoms with E-state index in [0.29, 0.717) is 40.7 Å². The molecule has 1 aliphatic heterocycles. The van der Waals surface area contributed by atoms with Crippen LogP contribution in [0, 0.1) is 17.6 Å². The summed E-state index contributed by atoms with van der Waals surface area (Å²) in [6, 6.07) is 13.9. The lowest BCUT2D eigenvalue weighted by atomic mass is 9.99. The van der Waals surface area contributed by atoms with E-state index in [2.05, 4.69) is 20.9 Å². The zero-order valence-corrected chi connectivity index (χ0v) is 22.2. The minimum atomic E-state index is -1.05. The maximum atomic E-state index is 15.0. The molecule has 2 heterocycles. The van der Waals surface area contributed by atoms with Gasteiger partial charge in [0, 0.05) is 35.1 Å². The molecular formula is C30H28F2N4O5. The van der Waals surface area contributed by atoms with E-state index in [-0.39, 0.29) is 17.1 Å². The van der Waals surface area contributed by atoms with Crippen LogP contribution in [0.25, 0.3) is 10.9 Å². The van der Waals surface area contributed by atoms with Crippen molar-refractivity contribution in [2.24, 2.45) is 5.92 Å². The fourth-order valence-corrected chi connectivity index (χ4v) is 4.47. The Bertz CT molecular complexity index is 1580. The second-order valence-electron chi connectivity index (χ2n) is 9.50. The number of hydrogen-bond donors (Lipinski definition) is 3.